The summed E-state index contributed by atoms with van der Waals surface area (Å²) in [6.45, 7) is 3.59. The van der Waals surface area contributed by atoms with Crippen LogP contribution in [0.25, 0.3) is 0 Å². The van der Waals surface area contributed by atoms with Gasteiger partial charge in [-0.2, -0.15) is 0 Å². The number of aliphatic hydroxyl groups is 1. The monoisotopic (exact) mass is 333 g/mol. The number of hydrogen-bond acceptors (Lipinski definition) is 3. The largest absolute Gasteiger partial charge is 0.497 e. The third-order valence-electron chi connectivity index (χ3n) is 3.73. The quantitative estimate of drug-likeness (QED) is 0.880. The molecule has 122 valence electrons. The number of aliphatic hydroxyl groups excluding tert-OH is 1. The Labute approximate surface area is 141 Å². The summed E-state index contributed by atoms with van der Waals surface area (Å²) in [4.78, 5) is 12.3. The number of carbonyl (C=O) groups excluding carboxylic acids is 1. The molecule has 0 heterocycles. The van der Waals surface area contributed by atoms with Crippen molar-refractivity contribution in [3.8, 4) is 5.75 Å². The van der Waals surface area contributed by atoms with E-state index in [-0.39, 0.29) is 5.91 Å². The number of methoxy groups -OCH3 is 1. The van der Waals surface area contributed by atoms with E-state index in [0.717, 1.165) is 5.56 Å². The molecule has 4 nitrogen and oxygen atoms in total. The Hall–Kier alpha value is -2.04. The van der Waals surface area contributed by atoms with Gasteiger partial charge in [-0.1, -0.05) is 35.9 Å². The van der Waals surface area contributed by atoms with Crippen molar-refractivity contribution in [2.24, 2.45) is 0 Å². The van der Waals surface area contributed by atoms with Crippen molar-refractivity contribution in [3.05, 3.63) is 64.2 Å². The van der Waals surface area contributed by atoms with Crippen LogP contribution in [0.1, 0.15) is 34.5 Å². The summed E-state index contributed by atoms with van der Waals surface area (Å²) >= 11 is 6.16. The number of ether oxygens (including phenoxy) is 1. The van der Waals surface area contributed by atoms with Crippen molar-refractivity contribution in [2.45, 2.75) is 26.0 Å². The Morgan fingerprint density at radius 2 is 1.87 bits per heavy atom. The molecule has 0 aliphatic carbocycles. The fraction of sp³-hybridized carbons (Fsp3) is 0.278. The van der Waals surface area contributed by atoms with Gasteiger partial charge >= 0.3 is 0 Å². The fourth-order valence-electron chi connectivity index (χ4n) is 2.28. The average molecular weight is 334 g/mol. The number of rotatable bonds is 5. The van der Waals surface area contributed by atoms with Gasteiger partial charge in [0.05, 0.1) is 29.8 Å². The number of hydrogen-bond donors (Lipinski definition) is 2. The molecule has 0 aliphatic rings. The van der Waals surface area contributed by atoms with Crippen molar-refractivity contribution in [3.63, 3.8) is 0 Å². The van der Waals surface area contributed by atoms with Crippen LogP contribution >= 0.6 is 11.6 Å². The number of nitrogens with one attached hydrogen (secondary N) is 1. The minimum atomic E-state index is -0.826. The van der Waals surface area contributed by atoms with Crippen molar-refractivity contribution in [1.82, 2.24) is 5.32 Å². The molecule has 0 radical (unpaired) electrons. The fourth-order valence-corrected chi connectivity index (χ4v) is 2.49. The van der Waals surface area contributed by atoms with Gasteiger partial charge in [-0.3, -0.25) is 4.79 Å². The van der Waals surface area contributed by atoms with Crippen LogP contribution in [0.4, 0.5) is 0 Å². The molecular weight excluding hydrogens is 314 g/mol. The summed E-state index contributed by atoms with van der Waals surface area (Å²) in [5.74, 6) is 0.406. The highest BCUT2D eigenvalue weighted by molar-refractivity contribution is 6.34. The molecular formula is C18H20ClNO3. The van der Waals surface area contributed by atoms with Crippen molar-refractivity contribution in [1.29, 1.82) is 0 Å². The molecule has 0 spiro atoms. The molecule has 0 aliphatic heterocycles. The van der Waals surface area contributed by atoms with E-state index in [4.69, 9.17) is 16.3 Å². The second kappa shape index (κ2) is 7.49. The van der Waals surface area contributed by atoms with Gasteiger partial charge < -0.3 is 15.2 Å². The minimum absolute atomic E-state index is 0.307. The maximum atomic E-state index is 12.3. The summed E-state index contributed by atoms with van der Waals surface area (Å²) in [5, 5.41) is 13.6. The van der Waals surface area contributed by atoms with Crippen LogP contribution in [-0.2, 0) is 0 Å². The van der Waals surface area contributed by atoms with Gasteiger partial charge in [-0.25, -0.2) is 0 Å². The minimum Gasteiger partial charge on any atom is -0.497 e. The van der Waals surface area contributed by atoms with E-state index in [0.29, 0.717) is 21.9 Å². The summed E-state index contributed by atoms with van der Waals surface area (Å²) in [6.07, 6.45) is -0.826. The zero-order valence-corrected chi connectivity index (χ0v) is 14.1. The zero-order valence-electron chi connectivity index (χ0n) is 13.3. The molecule has 0 saturated heterocycles. The van der Waals surface area contributed by atoms with Crippen LogP contribution in [0.2, 0.25) is 5.02 Å². The maximum absolute atomic E-state index is 12.3. The highest BCUT2D eigenvalue weighted by atomic mass is 35.5. The van der Waals surface area contributed by atoms with Crippen LogP contribution in [0, 0.1) is 6.92 Å². The second-order valence-corrected chi connectivity index (χ2v) is 5.79. The highest BCUT2D eigenvalue weighted by Crippen LogP contribution is 2.23. The van der Waals surface area contributed by atoms with Gasteiger partial charge in [-0.15, -0.1) is 0 Å². The normalized spacial score (nSPS) is 13.3. The standard InChI is InChI=1S/C18H20ClNO3/c1-11-5-4-6-15(16(11)19)18(22)20-12(2)17(21)13-7-9-14(23-3)10-8-13/h4-10,12,17,21H,1-3H3,(H,20,22). The van der Waals surface area contributed by atoms with Crippen LogP contribution in [0.15, 0.2) is 42.5 Å². The first-order valence-corrected chi connectivity index (χ1v) is 7.70. The van der Waals surface area contributed by atoms with E-state index in [1.54, 1.807) is 50.4 Å². The molecule has 23 heavy (non-hydrogen) atoms. The number of benzene rings is 2. The lowest BCUT2D eigenvalue weighted by molar-refractivity contribution is 0.0852. The predicted molar refractivity (Wildman–Crippen MR) is 91.1 cm³/mol. The molecule has 1 amide bonds. The third kappa shape index (κ3) is 4.03. The van der Waals surface area contributed by atoms with Crippen molar-refractivity contribution in [2.75, 3.05) is 7.11 Å². The number of amides is 1. The van der Waals surface area contributed by atoms with Gasteiger partial charge in [0.15, 0.2) is 0 Å². The second-order valence-electron chi connectivity index (χ2n) is 5.42. The van der Waals surface area contributed by atoms with Crippen LogP contribution < -0.4 is 10.1 Å². The summed E-state index contributed by atoms with van der Waals surface area (Å²) in [5.41, 5.74) is 1.94. The first kappa shape index (κ1) is 17.3. The van der Waals surface area contributed by atoms with Crippen LogP contribution in [0.5, 0.6) is 5.75 Å². The lowest BCUT2D eigenvalue weighted by atomic mass is 10.0. The Morgan fingerprint density at radius 3 is 2.48 bits per heavy atom. The maximum Gasteiger partial charge on any atom is 0.253 e. The molecule has 2 atom stereocenters. The van der Waals surface area contributed by atoms with E-state index in [1.165, 1.54) is 0 Å². The van der Waals surface area contributed by atoms with Crippen LogP contribution in [-0.4, -0.2) is 24.2 Å². The van der Waals surface area contributed by atoms with Gasteiger partial charge in [0.25, 0.3) is 5.91 Å². The molecule has 2 aromatic rings. The molecule has 0 saturated carbocycles. The lowest BCUT2D eigenvalue weighted by Gasteiger charge is -2.21. The predicted octanol–water partition coefficient (Wildman–Crippen LogP) is 3.51. The van der Waals surface area contributed by atoms with Gasteiger partial charge in [-0.05, 0) is 43.2 Å². The van der Waals surface area contributed by atoms with E-state index >= 15 is 0 Å². The number of halogens is 1. The highest BCUT2D eigenvalue weighted by Gasteiger charge is 2.20. The summed E-state index contributed by atoms with van der Waals surface area (Å²) < 4.78 is 5.09. The molecule has 2 rings (SSSR count). The molecule has 5 heteroatoms. The van der Waals surface area contributed by atoms with Gasteiger partial charge in [0, 0.05) is 0 Å². The van der Waals surface area contributed by atoms with Crippen LogP contribution in [0.3, 0.4) is 0 Å². The molecule has 2 N–H and O–H groups in total. The first-order valence-electron chi connectivity index (χ1n) is 7.32. The Morgan fingerprint density at radius 1 is 1.22 bits per heavy atom. The topological polar surface area (TPSA) is 58.6 Å². The SMILES string of the molecule is COc1ccc(C(O)C(C)NC(=O)c2cccc(C)c2Cl)cc1. The molecule has 0 fully saturated rings. The van der Waals surface area contributed by atoms with E-state index in [2.05, 4.69) is 5.32 Å². The van der Waals surface area contributed by atoms with E-state index in [9.17, 15) is 9.90 Å². The van der Waals surface area contributed by atoms with E-state index < -0.39 is 12.1 Å². The average Bonchev–Trinajstić information content (AvgIpc) is 2.56. The van der Waals surface area contributed by atoms with Crippen molar-refractivity contribution < 1.29 is 14.6 Å². The number of aryl methyl sites for hydroxylation is 1. The van der Waals surface area contributed by atoms with E-state index in [1.807, 2.05) is 13.0 Å². The molecule has 2 unspecified atom stereocenters. The third-order valence-corrected chi connectivity index (χ3v) is 4.23. The van der Waals surface area contributed by atoms with Gasteiger partial charge in [0.1, 0.15) is 5.75 Å². The number of carbonyl (C=O) groups is 1. The molecule has 0 aromatic heterocycles. The molecule has 0 bridgehead atoms. The molecule has 2 aromatic carbocycles. The lowest BCUT2D eigenvalue weighted by Crippen LogP contribution is -2.37. The Bertz CT molecular complexity index is 685. The summed E-state index contributed by atoms with van der Waals surface area (Å²) in [6, 6.07) is 11.9. The first-order chi connectivity index (χ1) is 10.9. The summed E-state index contributed by atoms with van der Waals surface area (Å²) in [7, 11) is 1.58. The zero-order chi connectivity index (χ0) is 17.0. The van der Waals surface area contributed by atoms with Crippen molar-refractivity contribution >= 4 is 17.5 Å². The van der Waals surface area contributed by atoms with Gasteiger partial charge in [0.2, 0.25) is 0 Å². The Balaban J connectivity index is 2.09. The smallest absolute Gasteiger partial charge is 0.253 e. The Kier molecular flexibility index (Phi) is 5.64.